The van der Waals surface area contributed by atoms with Crippen LogP contribution in [0, 0.1) is 3.57 Å². The van der Waals surface area contributed by atoms with Crippen LogP contribution in [-0.2, 0) is 14.3 Å². The van der Waals surface area contributed by atoms with E-state index in [1.807, 2.05) is 23.6 Å². The second-order valence-corrected chi connectivity index (χ2v) is 9.39. The van der Waals surface area contributed by atoms with Crippen LogP contribution >= 0.6 is 33.9 Å². The minimum absolute atomic E-state index is 0.00501. The Bertz CT molecular complexity index is 913. The summed E-state index contributed by atoms with van der Waals surface area (Å²) in [5.74, 6) is -0.816. The SMILES string of the molecule is O=C1CC(N(CCN2CCOCC2)C(=O)c2cccs2)C(=O)N1c1ccc(I)cc1. The Kier molecular flexibility index (Phi) is 6.81. The van der Waals surface area contributed by atoms with E-state index in [9.17, 15) is 14.4 Å². The zero-order chi connectivity index (χ0) is 21.1. The number of carbonyl (C=O) groups is 3. The molecule has 1 atom stereocenters. The van der Waals surface area contributed by atoms with Crippen molar-refractivity contribution in [3.8, 4) is 0 Å². The largest absolute Gasteiger partial charge is 0.379 e. The fourth-order valence-electron chi connectivity index (χ4n) is 3.74. The molecule has 1 unspecified atom stereocenters. The highest BCUT2D eigenvalue weighted by Gasteiger charge is 2.44. The monoisotopic (exact) mass is 539 g/mol. The standard InChI is InChI=1S/C21H22IN3O4S/c22-15-3-5-16(6-4-15)25-19(26)14-17(20(25)27)24(21(28)18-2-1-13-30-18)8-7-23-9-11-29-12-10-23/h1-6,13,17H,7-12,14H2. The molecule has 2 aliphatic rings. The predicted octanol–water partition coefficient (Wildman–Crippen LogP) is 2.46. The van der Waals surface area contributed by atoms with Gasteiger partial charge in [0.25, 0.3) is 11.8 Å². The average Bonchev–Trinajstić information content (AvgIpc) is 3.39. The summed E-state index contributed by atoms with van der Waals surface area (Å²) in [7, 11) is 0. The Morgan fingerprint density at radius 3 is 2.57 bits per heavy atom. The number of hydrogen-bond acceptors (Lipinski definition) is 6. The lowest BCUT2D eigenvalue weighted by molar-refractivity contribution is -0.122. The topological polar surface area (TPSA) is 70.2 Å². The maximum atomic E-state index is 13.2. The van der Waals surface area contributed by atoms with Gasteiger partial charge in [-0.25, -0.2) is 4.90 Å². The number of thiophene rings is 1. The van der Waals surface area contributed by atoms with E-state index < -0.39 is 6.04 Å². The van der Waals surface area contributed by atoms with Crippen molar-refractivity contribution in [3.05, 3.63) is 50.2 Å². The van der Waals surface area contributed by atoms with Gasteiger partial charge in [-0.15, -0.1) is 11.3 Å². The molecule has 1 aromatic carbocycles. The van der Waals surface area contributed by atoms with Gasteiger partial charge in [0.15, 0.2) is 0 Å². The van der Waals surface area contributed by atoms with Crippen LogP contribution in [0.2, 0.25) is 0 Å². The van der Waals surface area contributed by atoms with Crippen molar-refractivity contribution in [3.63, 3.8) is 0 Å². The molecule has 3 amide bonds. The van der Waals surface area contributed by atoms with Crippen LogP contribution in [0.3, 0.4) is 0 Å². The van der Waals surface area contributed by atoms with Crippen LogP contribution < -0.4 is 4.90 Å². The van der Waals surface area contributed by atoms with Crippen LogP contribution in [0.15, 0.2) is 41.8 Å². The summed E-state index contributed by atoms with van der Waals surface area (Å²) in [6.45, 7) is 3.96. The van der Waals surface area contributed by atoms with Gasteiger partial charge < -0.3 is 9.64 Å². The summed E-state index contributed by atoms with van der Waals surface area (Å²) in [6, 6.07) is 10.0. The predicted molar refractivity (Wildman–Crippen MR) is 123 cm³/mol. The number of rotatable bonds is 6. The molecule has 0 bridgehead atoms. The van der Waals surface area contributed by atoms with E-state index in [4.69, 9.17) is 4.74 Å². The fourth-order valence-corrected chi connectivity index (χ4v) is 4.77. The highest BCUT2D eigenvalue weighted by atomic mass is 127. The Balaban J connectivity index is 1.56. The van der Waals surface area contributed by atoms with Crippen molar-refractivity contribution in [2.75, 3.05) is 44.3 Å². The van der Waals surface area contributed by atoms with Gasteiger partial charge in [0.1, 0.15) is 6.04 Å². The smallest absolute Gasteiger partial charge is 0.264 e. The minimum atomic E-state index is -0.785. The zero-order valence-corrected chi connectivity index (χ0v) is 19.3. The van der Waals surface area contributed by atoms with E-state index in [1.54, 1.807) is 23.1 Å². The lowest BCUT2D eigenvalue weighted by Gasteiger charge is -2.32. The molecule has 0 N–H and O–H groups in total. The van der Waals surface area contributed by atoms with Gasteiger partial charge in [0.2, 0.25) is 5.91 Å². The first kappa shape index (κ1) is 21.4. The van der Waals surface area contributed by atoms with Crippen LogP contribution in [0.4, 0.5) is 5.69 Å². The summed E-state index contributed by atoms with van der Waals surface area (Å²) < 4.78 is 6.41. The number of ether oxygens (including phenoxy) is 1. The van der Waals surface area contributed by atoms with E-state index in [2.05, 4.69) is 27.5 Å². The maximum absolute atomic E-state index is 13.2. The van der Waals surface area contributed by atoms with Gasteiger partial charge in [-0.1, -0.05) is 6.07 Å². The molecule has 3 heterocycles. The van der Waals surface area contributed by atoms with Crippen molar-refractivity contribution >= 4 is 57.3 Å². The van der Waals surface area contributed by atoms with Crippen LogP contribution in [0.25, 0.3) is 0 Å². The molecule has 4 rings (SSSR count). The number of halogens is 1. The molecule has 2 aliphatic heterocycles. The van der Waals surface area contributed by atoms with Gasteiger partial charge in [-0.3, -0.25) is 19.3 Å². The van der Waals surface area contributed by atoms with Crippen molar-refractivity contribution in [1.82, 2.24) is 9.80 Å². The third-order valence-electron chi connectivity index (χ3n) is 5.34. The van der Waals surface area contributed by atoms with Gasteiger partial charge >= 0.3 is 0 Å². The summed E-state index contributed by atoms with van der Waals surface area (Å²) in [6.07, 6.45) is 0.00501. The van der Waals surface area contributed by atoms with E-state index in [0.29, 0.717) is 36.9 Å². The van der Waals surface area contributed by atoms with E-state index in [1.165, 1.54) is 16.2 Å². The molecular weight excluding hydrogens is 517 g/mol. The summed E-state index contributed by atoms with van der Waals surface area (Å²) >= 11 is 3.52. The Morgan fingerprint density at radius 2 is 1.90 bits per heavy atom. The molecule has 9 heteroatoms. The Labute approximate surface area is 192 Å². The third-order valence-corrected chi connectivity index (χ3v) is 6.91. The molecule has 0 radical (unpaired) electrons. The lowest BCUT2D eigenvalue weighted by Crippen LogP contribution is -2.49. The quantitative estimate of drug-likeness (QED) is 0.417. The first-order chi connectivity index (χ1) is 14.5. The molecule has 0 aliphatic carbocycles. The summed E-state index contributed by atoms with van der Waals surface area (Å²) in [5.41, 5.74) is 0.546. The highest BCUT2D eigenvalue weighted by Crippen LogP contribution is 2.28. The molecular formula is C21H22IN3O4S. The molecule has 1 aromatic heterocycles. The van der Waals surface area contributed by atoms with Crippen molar-refractivity contribution in [1.29, 1.82) is 0 Å². The molecule has 158 valence electrons. The number of benzene rings is 1. The first-order valence-corrected chi connectivity index (χ1v) is 11.8. The fraction of sp³-hybridized carbons (Fsp3) is 0.381. The number of nitrogens with zero attached hydrogens (tertiary/aromatic N) is 3. The second-order valence-electron chi connectivity index (χ2n) is 7.19. The highest BCUT2D eigenvalue weighted by molar-refractivity contribution is 14.1. The van der Waals surface area contributed by atoms with Gasteiger partial charge in [0.05, 0.1) is 30.2 Å². The molecule has 30 heavy (non-hydrogen) atoms. The molecule has 7 nitrogen and oxygen atoms in total. The number of morpholine rings is 1. The number of carbonyl (C=O) groups excluding carboxylic acids is 3. The number of imide groups is 1. The minimum Gasteiger partial charge on any atom is -0.379 e. The second kappa shape index (κ2) is 9.54. The number of anilines is 1. The zero-order valence-electron chi connectivity index (χ0n) is 16.3. The van der Waals surface area contributed by atoms with Gasteiger partial charge in [0, 0.05) is 29.7 Å². The Morgan fingerprint density at radius 1 is 1.17 bits per heavy atom. The Hall–Kier alpha value is -1.82. The first-order valence-electron chi connectivity index (χ1n) is 9.81. The number of hydrogen-bond donors (Lipinski definition) is 0. The van der Waals surface area contributed by atoms with E-state index >= 15 is 0 Å². The molecule has 0 saturated carbocycles. The van der Waals surface area contributed by atoms with Crippen molar-refractivity contribution in [2.45, 2.75) is 12.5 Å². The van der Waals surface area contributed by atoms with Crippen LogP contribution in [0.5, 0.6) is 0 Å². The van der Waals surface area contributed by atoms with Crippen molar-refractivity contribution in [2.24, 2.45) is 0 Å². The maximum Gasteiger partial charge on any atom is 0.264 e. The van der Waals surface area contributed by atoms with Crippen LogP contribution in [0.1, 0.15) is 16.1 Å². The third kappa shape index (κ3) is 4.58. The molecule has 2 saturated heterocycles. The average molecular weight is 539 g/mol. The molecule has 0 spiro atoms. The number of amides is 3. The van der Waals surface area contributed by atoms with Gasteiger partial charge in [-0.05, 0) is 58.3 Å². The normalized spacial score (nSPS) is 20.0. The van der Waals surface area contributed by atoms with Crippen LogP contribution in [-0.4, -0.2) is 73.0 Å². The van der Waals surface area contributed by atoms with E-state index in [0.717, 1.165) is 16.7 Å². The molecule has 2 fully saturated rings. The summed E-state index contributed by atoms with van der Waals surface area (Å²) in [4.78, 5) is 44.8. The van der Waals surface area contributed by atoms with E-state index in [-0.39, 0.29) is 24.1 Å². The molecule has 2 aromatic rings. The van der Waals surface area contributed by atoms with Crippen molar-refractivity contribution < 1.29 is 19.1 Å². The van der Waals surface area contributed by atoms with Gasteiger partial charge in [-0.2, -0.15) is 0 Å². The lowest BCUT2D eigenvalue weighted by atomic mass is 10.2. The summed E-state index contributed by atoms with van der Waals surface area (Å²) in [5, 5.41) is 1.84.